The molecule has 1 aromatic carbocycles. The van der Waals surface area contributed by atoms with Crippen LogP contribution in [0.2, 0.25) is 0 Å². The fourth-order valence-corrected chi connectivity index (χ4v) is 2.01. The Kier molecular flexibility index (Phi) is 11.7. The number of rotatable bonds is 4. The number of nitrogens with one attached hydrogen (secondary N) is 1. The molecule has 3 N–H and O–H groups in total. The molecule has 1 atom stereocenters. The second-order valence-corrected chi connectivity index (χ2v) is 5.81. The van der Waals surface area contributed by atoms with Crippen molar-refractivity contribution in [2.75, 3.05) is 17.6 Å². The van der Waals surface area contributed by atoms with Crippen LogP contribution in [0.4, 0.5) is 5.69 Å². The summed E-state index contributed by atoms with van der Waals surface area (Å²) in [6, 6.07) is 6.51. The smallest absolute Gasteiger partial charge is 0.424 e. The summed E-state index contributed by atoms with van der Waals surface area (Å²) in [5.74, 6) is -0.701. The summed E-state index contributed by atoms with van der Waals surface area (Å²) in [6.07, 6.45) is -1.25. The van der Waals surface area contributed by atoms with Gasteiger partial charge in [-0.1, -0.05) is 12.2 Å². The van der Waals surface area contributed by atoms with E-state index < -0.39 is 22.0 Å². The van der Waals surface area contributed by atoms with Gasteiger partial charge in [-0.2, -0.15) is 8.42 Å². The third kappa shape index (κ3) is 12.9. The molecular formula is C13H22NNaO4S. The van der Waals surface area contributed by atoms with Crippen LogP contribution in [-0.4, -0.2) is 36.5 Å². The zero-order chi connectivity index (χ0) is 15.1. The van der Waals surface area contributed by atoms with E-state index in [1.54, 1.807) is 0 Å². The fourth-order valence-electron chi connectivity index (χ4n) is 1.52. The Labute approximate surface area is 143 Å². The molecule has 1 aromatic rings. The van der Waals surface area contributed by atoms with Crippen molar-refractivity contribution in [2.45, 2.75) is 26.9 Å². The van der Waals surface area contributed by atoms with Gasteiger partial charge in [0.15, 0.2) is 0 Å². The molecular weight excluding hydrogens is 289 g/mol. The number of aryl methyl sites for hydroxylation is 2. The first-order valence-corrected chi connectivity index (χ1v) is 7.53. The van der Waals surface area contributed by atoms with Crippen molar-refractivity contribution in [3.05, 3.63) is 36.2 Å². The molecule has 0 aliphatic carbocycles. The van der Waals surface area contributed by atoms with Crippen LogP contribution in [0.5, 0.6) is 0 Å². The van der Waals surface area contributed by atoms with Gasteiger partial charge in [-0.3, -0.25) is 4.55 Å². The maximum absolute atomic E-state index is 9.80. The monoisotopic (exact) mass is 311 g/mol. The molecule has 0 aliphatic heterocycles. The summed E-state index contributed by atoms with van der Waals surface area (Å²) in [6.45, 7) is 10.3. The number of hydrogen-bond donors (Lipinski definition) is 3. The second kappa shape index (κ2) is 10.6. The van der Waals surface area contributed by atoms with Gasteiger partial charge in [0, 0.05) is 12.2 Å². The van der Waals surface area contributed by atoms with Crippen molar-refractivity contribution < 1.29 is 47.6 Å². The summed E-state index contributed by atoms with van der Waals surface area (Å²) >= 11 is 0. The summed E-state index contributed by atoms with van der Waals surface area (Å²) in [4.78, 5) is 0. The fraction of sp³-hybridized carbons (Fsp3) is 0.462. The minimum Gasteiger partial charge on any atom is -0.424 e. The van der Waals surface area contributed by atoms with Crippen molar-refractivity contribution in [1.29, 1.82) is 0 Å². The molecule has 0 aromatic heterocycles. The van der Waals surface area contributed by atoms with Crippen LogP contribution in [0.3, 0.4) is 0 Å². The van der Waals surface area contributed by atoms with Gasteiger partial charge in [0.05, 0.1) is 5.75 Å². The van der Waals surface area contributed by atoms with Crippen molar-refractivity contribution in [3.63, 3.8) is 0 Å². The summed E-state index contributed by atoms with van der Waals surface area (Å²) in [5.41, 5.74) is 3.87. The van der Waals surface area contributed by atoms with Gasteiger partial charge in [-0.05, 0) is 44.0 Å². The minimum atomic E-state index is -4.04. The average molecular weight is 311 g/mol. The van der Waals surface area contributed by atoms with Crippen molar-refractivity contribution in [3.8, 4) is 0 Å². The third-order valence-electron chi connectivity index (χ3n) is 2.01. The van der Waals surface area contributed by atoms with Crippen molar-refractivity contribution in [1.82, 2.24) is 0 Å². The Morgan fingerprint density at radius 2 is 1.70 bits per heavy atom. The molecule has 0 fully saturated rings. The van der Waals surface area contributed by atoms with E-state index in [1.807, 2.05) is 0 Å². The van der Waals surface area contributed by atoms with Gasteiger partial charge in [-0.25, -0.2) is 0 Å². The molecule has 20 heavy (non-hydrogen) atoms. The molecule has 0 amide bonds. The zero-order valence-corrected chi connectivity index (χ0v) is 15.4. The number of hydrogen-bond acceptors (Lipinski definition) is 4. The molecule has 0 saturated heterocycles. The number of benzene rings is 1. The van der Waals surface area contributed by atoms with Crippen LogP contribution in [-0.2, 0) is 10.1 Å². The van der Waals surface area contributed by atoms with Crippen LogP contribution in [0.1, 0.15) is 18.1 Å². The normalized spacial score (nSPS) is 11.7. The number of aliphatic hydroxyl groups is 1. The van der Waals surface area contributed by atoms with E-state index in [-0.39, 0.29) is 29.6 Å². The van der Waals surface area contributed by atoms with E-state index in [0.717, 1.165) is 6.54 Å². The predicted octanol–water partition coefficient (Wildman–Crippen LogP) is -1.19. The summed E-state index contributed by atoms with van der Waals surface area (Å²) < 4.78 is 27.6. The first kappa shape index (κ1) is 22.2. The first-order chi connectivity index (χ1) is 8.64. The van der Waals surface area contributed by atoms with Crippen LogP contribution in [0, 0.1) is 20.8 Å². The van der Waals surface area contributed by atoms with E-state index in [9.17, 15) is 8.42 Å². The molecule has 0 spiro atoms. The minimum absolute atomic E-state index is 0. The standard InChI is InChI=1S/C10H15N.C3H7O4S.Na/c1-4-11-10-6-8(2)5-9(3)7-10;1-3(4)2-8(5,6)7;/h5-7,11H,4H2,1-3H3;3-4H,1-2H2,(H,5,6,7);/q;-1;+1. The molecule has 0 bridgehead atoms. The Balaban J connectivity index is 0. The maximum atomic E-state index is 9.80. The Hall–Kier alpha value is -0.110. The molecule has 0 radical (unpaired) electrons. The predicted molar refractivity (Wildman–Crippen MR) is 77.9 cm³/mol. The first-order valence-electron chi connectivity index (χ1n) is 5.92. The average Bonchev–Trinajstić information content (AvgIpc) is 2.12. The van der Waals surface area contributed by atoms with E-state index in [2.05, 4.69) is 51.2 Å². The topological polar surface area (TPSA) is 86.6 Å². The van der Waals surface area contributed by atoms with Crippen LogP contribution in [0.25, 0.3) is 0 Å². The second-order valence-electron chi connectivity index (χ2n) is 4.31. The number of aliphatic hydroxyl groups excluding tert-OH is 1. The Morgan fingerprint density at radius 3 is 1.95 bits per heavy atom. The van der Waals surface area contributed by atoms with Crippen molar-refractivity contribution >= 4 is 15.8 Å². The Morgan fingerprint density at radius 1 is 1.25 bits per heavy atom. The van der Waals surface area contributed by atoms with E-state index in [0.29, 0.717) is 0 Å². The Bertz CT molecular complexity index is 469. The molecule has 5 nitrogen and oxygen atoms in total. The molecule has 1 rings (SSSR count). The van der Waals surface area contributed by atoms with E-state index >= 15 is 0 Å². The SMILES string of the molecule is CCNc1cc(C)cc(C)c1.[CH2-]C(O)CS(=O)(=O)O.[Na+]. The quantitative estimate of drug-likeness (QED) is 0.370. The zero-order valence-electron chi connectivity index (χ0n) is 12.5. The molecule has 7 heteroatoms. The summed E-state index contributed by atoms with van der Waals surface area (Å²) in [5, 5.41) is 11.5. The van der Waals surface area contributed by atoms with Crippen LogP contribution < -0.4 is 34.9 Å². The van der Waals surface area contributed by atoms with Gasteiger partial charge in [0.2, 0.25) is 0 Å². The summed E-state index contributed by atoms with van der Waals surface area (Å²) in [7, 11) is -4.04. The van der Waals surface area contributed by atoms with Gasteiger partial charge in [0.25, 0.3) is 10.1 Å². The van der Waals surface area contributed by atoms with Crippen LogP contribution in [0.15, 0.2) is 18.2 Å². The van der Waals surface area contributed by atoms with Crippen molar-refractivity contribution in [2.24, 2.45) is 0 Å². The third-order valence-corrected chi connectivity index (χ3v) is 2.81. The molecule has 1 unspecified atom stereocenters. The number of anilines is 1. The molecule has 0 heterocycles. The van der Waals surface area contributed by atoms with Gasteiger partial charge >= 0.3 is 29.6 Å². The van der Waals surface area contributed by atoms with Gasteiger partial charge in [0.1, 0.15) is 0 Å². The maximum Gasteiger partial charge on any atom is 1.00 e. The van der Waals surface area contributed by atoms with E-state index in [1.165, 1.54) is 16.8 Å². The molecule has 110 valence electrons. The molecule has 0 aliphatic rings. The van der Waals surface area contributed by atoms with Crippen LogP contribution >= 0.6 is 0 Å². The van der Waals surface area contributed by atoms with Gasteiger partial charge in [-0.15, -0.1) is 0 Å². The largest absolute Gasteiger partial charge is 1.00 e. The van der Waals surface area contributed by atoms with E-state index in [4.69, 9.17) is 9.66 Å². The molecule has 0 saturated carbocycles. The van der Waals surface area contributed by atoms with Gasteiger partial charge < -0.3 is 17.3 Å².